The number of benzene rings is 2. The number of hydrogen-bond acceptors (Lipinski definition) is 6. The number of carbonyl (C=O) groups excluding carboxylic acids is 4. The zero-order chi connectivity index (χ0) is 30.0. The molecule has 1 saturated heterocycles. The van der Waals surface area contributed by atoms with E-state index in [1.165, 1.54) is 30.2 Å². The molecule has 3 aromatic rings. The Morgan fingerprint density at radius 2 is 1.79 bits per heavy atom. The molecule has 5 rings (SSSR count). The van der Waals surface area contributed by atoms with Crippen molar-refractivity contribution in [1.82, 2.24) is 14.8 Å². The van der Waals surface area contributed by atoms with E-state index in [4.69, 9.17) is 0 Å². The number of carbonyl (C=O) groups is 4. The molecule has 2 aliphatic rings. The zero-order valence-corrected chi connectivity index (χ0v) is 24.2. The maximum Gasteiger partial charge on any atom is 0.243 e. The van der Waals surface area contributed by atoms with E-state index in [0.717, 1.165) is 12.0 Å². The van der Waals surface area contributed by atoms with Crippen LogP contribution in [0.15, 0.2) is 54.7 Å². The van der Waals surface area contributed by atoms with Gasteiger partial charge in [-0.05, 0) is 56.4 Å². The van der Waals surface area contributed by atoms with Crippen LogP contribution in [-0.2, 0) is 32.4 Å². The summed E-state index contributed by atoms with van der Waals surface area (Å²) in [5, 5.41) is 2.79. The monoisotopic (exact) mass is 595 g/mol. The number of aromatic nitrogens is 1. The molecule has 1 saturated carbocycles. The van der Waals surface area contributed by atoms with E-state index in [0.29, 0.717) is 36.7 Å². The molecule has 11 heteroatoms. The summed E-state index contributed by atoms with van der Waals surface area (Å²) >= 11 is 0. The molecular formula is C31H34FN3O6S. The van der Waals surface area contributed by atoms with Crippen molar-refractivity contribution in [3.63, 3.8) is 0 Å². The summed E-state index contributed by atoms with van der Waals surface area (Å²) in [6, 6.07) is 13.5. The van der Waals surface area contributed by atoms with Gasteiger partial charge < -0.3 is 14.8 Å². The summed E-state index contributed by atoms with van der Waals surface area (Å²) < 4.78 is 40.6. The van der Waals surface area contributed by atoms with Crippen molar-refractivity contribution in [2.45, 2.75) is 63.0 Å². The molecule has 1 aromatic heterocycles. The quantitative estimate of drug-likeness (QED) is 0.253. The molecule has 0 spiro atoms. The van der Waals surface area contributed by atoms with E-state index in [1.807, 2.05) is 30.3 Å². The third-order valence-corrected chi connectivity index (χ3v) is 10.1. The fourth-order valence-electron chi connectivity index (χ4n) is 5.51. The fraction of sp³-hybridized carbons (Fsp3) is 0.419. The third kappa shape index (κ3) is 6.61. The molecule has 0 unspecified atom stereocenters. The number of ketones is 2. The number of amides is 2. The van der Waals surface area contributed by atoms with Crippen LogP contribution in [0.5, 0.6) is 0 Å². The van der Waals surface area contributed by atoms with Gasteiger partial charge in [0.15, 0.2) is 21.4 Å². The molecule has 222 valence electrons. The standard InChI is InChI=1S/C31H34FN3O6S/c1-20(36)26-17-34(27-12-9-22(14-25(26)27)29(37)19-42(40,41)24-10-11-24)18-30(38)35-16-23(32)15-28(35)31(39)33-13-5-8-21-6-3-2-4-7-21/h2-4,6-7,9,12,14,17,23-24,28H,5,8,10-11,13,15-16,18-19H2,1H3,(H,33,39)/t23-,28+/m1/s1. The van der Waals surface area contributed by atoms with Crippen molar-refractivity contribution in [1.29, 1.82) is 0 Å². The maximum atomic E-state index is 14.4. The Hall–Kier alpha value is -3.86. The minimum atomic E-state index is -3.51. The second kappa shape index (κ2) is 12.2. The molecule has 2 heterocycles. The number of hydrogen-bond donors (Lipinski definition) is 1. The number of aryl methyl sites for hydroxylation is 1. The van der Waals surface area contributed by atoms with E-state index in [2.05, 4.69) is 5.32 Å². The number of halogens is 1. The Morgan fingerprint density at radius 3 is 2.48 bits per heavy atom. The first kappa shape index (κ1) is 29.6. The van der Waals surface area contributed by atoms with Crippen LogP contribution in [0.25, 0.3) is 10.9 Å². The summed E-state index contributed by atoms with van der Waals surface area (Å²) in [5.74, 6) is -2.30. The number of nitrogens with one attached hydrogen (secondary N) is 1. The summed E-state index contributed by atoms with van der Waals surface area (Å²) in [5.41, 5.74) is 2.09. The molecule has 9 nitrogen and oxygen atoms in total. The fourth-order valence-corrected chi connectivity index (χ4v) is 7.13. The van der Waals surface area contributed by atoms with Gasteiger partial charge in [-0.25, -0.2) is 12.8 Å². The van der Waals surface area contributed by atoms with E-state index < -0.39 is 50.7 Å². The molecule has 42 heavy (non-hydrogen) atoms. The van der Waals surface area contributed by atoms with Crippen LogP contribution in [0.3, 0.4) is 0 Å². The minimum Gasteiger partial charge on any atom is -0.354 e. The Bertz CT molecular complexity index is 1630. The lowest BCUT2D eigenvalue weighted by Gasteiger charge is -2.24. The predicted molar refractivity (Wildman–Crippen MR) is 156 cm³/mol. The topological polar surface area (TPSA) is 123 Å². The molecule has 0 radical (unpaired) electrons. The third-order valence-electron chi connectivity index (χ3n) is 7.91. The average Bonchev–Trinajstić information content (AvgIpc) is 3.67. The zero-order valence-electron chi connectivity index (χ0n) is 23.4. The number of sulfone groups is 1. The lowest BCUT2D eigenvalue weighted by Crippen LogP contribution is -2.47. The molecule has 2 aromatic carbocycles. The van der Waals surface area contributed by atoms with E-state index in [-0.39, 0.29) is 36.4 Å². The summed E-state index contributed by atoms with van der Waals surface area (Å²) in [6.07, 6.45) is 2.70. The number of fused-ring (bicyclic) bond motifs is 1. The first-order valence-corrected chi connectivity index (χ1v) is 15.9. The highest BCUT2D eigenvalue weighted by molar-refractivity contribution is 7.93. The van der Waals surface area contributed by atoms with Crippen LogP contribution in [0.2, 0.25) is 0 Å². The molecule has 1 aliphatic heterocycles. The van der Waals surface area contributed by atoms with Gasteiger partial charge in [0.25, 0.3) is 0 Å². The van der Waals surface area contributed by atoms with Crippen LogP contribution < -0.4 is 5.32 Å². The second-order valence-electron chi connectivity index (χ2n) is 11.2. The molecule has 1 N–H and O–H groups in total. The van der Waals surface area contributed by atoms with E-state index in [1.54, 1.807) is 10.6 Å². The van der Waals surface area contributed by atoms with Crippen molar-refractivity contribution < 1.29 is 32.0 Å². The van der Waals surface area contributed by atoms with Crippen LogP contribution in [0.1, 0.15) is 58.9 Å². The van der Waals surface area contributed by atoms with Gasteiger partial charge in [0.05, 0.1) is 11.8 Å². The molecule has 2 amide bonds. The Kier molecular flexibility index (Phi) is 8.58. The Balaban J connectivity index is 1.28. The molecular weight excluding hydrogens is 561 g/mol. The highest BCUT2D eigenvalue weighted by Crippen LogP contribution is 2.30. The van der Waals surface area contributed by atoms with Gasteiger partial charge in [0.1, 0.15) is 24.5 Å². The van der Waals surface area contributed by atoms with Crippen molar-refractivity contribution in [2.75, 3.05) is 18.8 Å². The van der Waals surface area contributed by atoms with Crippen LogP contribution in [-0.4, -0.2) is 77.6 Å². The number of likely N-dealkylation sites (tertiary alicyclic amines) is 1. The first-order valence-electron chi connectivity index (χ1n) is 14.2. The van der Waals surface area contributed by atoms with E-state index in [9.17, 15) is 32.0 Å². The van der Waals surface area contributed by atoms with Gasteiger partial charge >= 0.3 is 0 Å². The second-order valence-corrected chi connectivity index (χ2v) is 13.4. The normalized spacial score (nSPS) is 18.8. The number of Topliss-reactive ketones (excluding diaryl/α,β-unsaturated/α-hetero) is 2. The highest BCUT2D eigenvalue weighted by Gasteiger charge is 2.40. The molecule has 1 aliphatic carbocycles. The predicted octanol–water partition coefficient (Wildman–Crippen LogP) is 3.29. The van der Waals surface area contributed by atoms with E-state index >= 15 is 0 Å². The first-order chi connectivity index (χ1) is 20.0. The Labute approximate surface area is 244 Å². The van der Waals surface area contributed by atoms with Crippen molar-refractivity contribution >= 4 is 44.1 Å². The summed E-state index contributed by atoms with van der Waals surface area (Å²) in [7, 11) is -3.51. The van der Waals surface area contributed by atoms with Crippen LogP contribution in [0, 0.1) is 0 Å². The lowest BCUT2D eigenvalue weighted by atomic mass is 10.1. The van der Waals surface area contributed by atoms with Crippen molar-refractivity contribution in [3.8, 4) is 0 Å². The van der Waals surface area contributed by atoms with Crippen LogP contribution in [0.4, 0.5) is 4.39 Å². The molecule has 2 atom stereocenters. The van der Waals surface area contributed by atoms with Crippen molar-refractivity contribution in [3.05, 3.63) is 71.4 Å². The Morgan fingerprint density at radius 1 is 1.05 bits per heavy atom. The molecule has 0 bridgehead atoms. The summed E-state index contributed by atoms with van der Waals surface area (Å²) in [6.45, 7) is 1.32. The van der Waals surface area contributed by atoms with Gasteiger partial charge in [0.2, 0.25) is 11.8 Å². The number of rotatable bonds is 12. The largest absolute Gasteiger partial charge is 0.354 e. The van der Waals surface area contributed by atoms with Crippen molar-refractivity contribution in [2.24, 2.45) is 0 Å². The van der Waals surface area contributed by atoms with Gasteiger partial charge in [0, 0.05) is 41.2 Å². The average molecular weight is 596 g/mol. The SMILES string of the molecule is CC(=O)c1cn(CC(=O)N2C[C@H](F)C[C@H]2C(=O)NCCCc2ccccc2)c2ccc(C(=O)CS(=O)(=O)C3CC3)cc12. The van der Waals surface area contributed by atoms with Gasteiger partial charge in [-0.3, -0.25) is 19.2 Å². The van der Waals surface area contributed by atoms with Crippen LogP contribution >= 0.6 is 0 Å². The number of nitrogens with zero attached hydrogens (tertiary/aromatic N) is 2. The minimum absolute atomic E-state index is 0.0867. The number of alkyl halides is 1. The smallest absolute Gasteiger partial charge is 0.243 e. The highest BCUT2D eigenvalue weighted by atomic mass is 32.2. The lowest BCUT2D eigenvalue weighted by molar-refractivity contribution is -0.138. The maximum absolute atomic E-state index is 14.4. The summed E-state index contributed by atoms with van der Waals surface area (Å²) in [4.78, 5) is 52.7. The molecule has 2 fully saturated rings. The van der Waals surface area contributed by atoms with Gasteiger partial charge in [-0.2, -0.15) is 0 Å². The van der Waals surface area contributed by atoms with Gasteiger partial charge in [-0.1, -0.05) is 30.3 Å². The van der Waals surface area contributed by atoms with Gasteiger partial charge in [-0.15, -0.1) is 0 Å².